The summed E-state index contributed by atoms with van der Waals surface area (Å²) >= 11 is 0. The first-order valence-electron chi connectivity index (χ1n) is 17.6. The molecule has 10 atom stereocenters. The van der Waals surface area contributed by atoms with Crippen molar-refractivity contribution in [3.05, 3.63) is 97.4 Å². The fraction of sp³-hybridized carbons (Fsp3) is 0.463. The Labute approximate surface area is 280 Å². The molecule has 6 heteroatoms. The predicted molar refractivity (Wildman–Crippen MR) is 192 cm³/mol. The molecule has 6 aliphatic heterocycles. The highest BCUT2D eigenvalue weighted by Gasteiger charge is 2.42. The molecule has 6 saturated heterocycles. The van der Waals surface area contributed by atoms with Crippen molar-refractivity contribution >= 4 is 21.8 Å². The minimum Gasteiger partial charge on any atom is -0.508 e. The smallest absolute Gasteiger partial charge is 0.119 e. The molecule has 6 aliphatic rings. The van der Waals surface area contributed by atoms with Crippen LogP contribution in [0.2, 0.25) is 0 Å². The average Bonchev–Trinajstić information content (AvgIpc) is 3.13. The summed E-state index contributed by atoms with van der Waals surface area (Å²) in [4.78, 5) is 14.3. The van der Waals surface area contributed by atoms with Crippen molar-refractivity contribution in [2.75, 3.05) is 33.3 Å². The summed E-state index contributed by atoms with van der Waals surface area (Å²) in [6.07, 6.45) is 13.3. The zero-order chi connectivity index (χ0) is 32.7. The van der Waals surface area contributed by atoms with Crippen molar-refractivity contribution in [2.45, 2.75) is 63.5 Å². The Morgan fingerprint density at radius 2 is 1.28 bits per heavy atom. The first-order valence-corrected chi connectivity index (χ1v) is 17.6. The molecular formula is C41H50N4O2. The lowest BCUT2D eigenvalue weighted by Crippen LogP contribution is -2.54. The van der Waals surface area contributed by atoms with E-state index in [0.717, 1.165) is 40.5 Å². The monoisotopic (exact) mass is 630 g/mol. The largest absolute Gasteiger partial charge is 0.508 e. The number of hydrogen-bond donors (Lipinski definition) is 1. The SMILES string of the molecule is C=CC1CN2CCC1CC2[C@@H](C)c1ccnc2ccc(O)cc12.C=CC1CN2CCC1CC2[C@@H](C)c1ccnc2ccc(OC)cc12. The Kier molecular flexibility index (Phi) is 9.08. The van der Waals surface area contributed by atoms with Gasteiger partial charge in [0, 0.05) is 48.3 Å². The van der Waals surface area contributed by atoms with Crippen LogP contribution < -0.4 is 4.74 Å². The average molecular weight is 631 g/mol. The molecule has 0 saturated carbocycles. The molecule has 0 aliphatic carbocycles. The number of aromatic hydroxyl groups is 1. The third-order valence-electron chi connectivity index (χ3n) is 12.2. The van der Waals surface area contributed by atoms with Crippen LogP contribution in [0.1, 0.15) is 62.5 Å². The van der Waals surface area contributed by atoms with E-state index >= 15 is 0 Å². The highest BCUT2D eigenvalue weighted by Crippen LogP contribution is 2.44. The zero-order valence-electron chi connectivity index (χ0n) is 28.3. The van der Waals surface area contributed by atoms with Crippen LogP contribution in [0.5, 0.6) is 11.5 Å². The van der Waals surface area contributed by atoms with Crippen LogP contribution in [0.3, 0.4) is 0 Å². The van der Waals surface area contributed by atoms with Gasteiger partial charge in [-0.1, -0.05) is 26.0 Å². The van der Waals surface area contributed by atoms with Gasteiger partial charge < -0.3 is 9.84 Å². The summed E-state index contributed by atoms with van der Waals surface area (Å²) in [6.45, 7) is 17.5. The first kappa shape index (κ1) is 31.8. The van der Waals surface area contributed by atoms with E-state index in [-0.39, 0.29) is 0 Å². The topological polar surface area (TPSA) is 61.7 Å². The highest BCUT2D eigenvalue weighted by atomic mass is 16.5. The molecule has 8 heterocycles. The lowest BCUT2D eigenvalue weighted by molar-refractivity contribution is 0.00924. The van der Waals surface area contributed by atoms with Crippen molar-refractivity contribution in [2.24, 2.45) is 23.7 Å². The number of pyridine rings is 2. The molecule has 10 rings (SSSR count). The fourth-order valence-electron chi connectivity index (χ4n) is 9.43. The maximum absolute atomic E-state index is 9.87. The number of fused-ring (bicyclic) bond motifs is 8. The molecule has 4 aromatic rings. The minimum atomic E-state index is 0.316. The molecule has 246 valence electrons. The molecule has 6 nitrogen and oxygen atoms in total. The Balaban J connectivity index is 0.000000150. The zero-order valence-corrected chi connectivity index (χ0v) is 28.3. The van der Waals surface area contributed by atoms with E-state index in [1.165, 1.54) is 61.8 Å². The van der Waals surface area contributed by atoms with E-state index in [0.29, 0.717) is 41.5 Å². The normalized spacial score (nSPS) is 30.7. The van der Waals surface area contributed by atoms with Crippen molar-refractivity contribution in [3.8, 4) is 11.5 Å². The van der Waals surface area contributed by atoms with Crippen LogP contribution in [0.4, 0.5) is 0 Å². The second-order valence-electron chi connectivity index (χ2n) is 14.5. The van der Waals surface area contributed by atoms with Gasteiger partial charge in [0.25, 0.3) is 0 Å². The van der Waals surface area contributed by atoms with Gasteiger partial charge in [0.15, 0.2) is 0 Å². The van der Waals surface area contributed by atoms with E-state index < -0.39 is 0 Å². The van der Waals surface area contributed by atoms with Crippen molar-refractivity contribution < 1.29 is 9.84 Å². The van der Waals surface area contributed by atoms with Crippen LogP contribution in [-0.2, 0) is 0 Å². The van der Waals surface area contributed by atoms with Crippen LogP contribution in [0.25, 0.3) is 21.8 Å². The minimum absolute atomic E-state index is 0.316. The summed E-state index contributed by atoms with van der Waals surface area (Å²) in [7, 11) is 1.72. The van der Waals surface area contributed by atoms with E-state index in [4.69, 9.17) is 4.74 Å². The molecule has 8 unspecified atom stereocenters. The van der Waals surface area contributed by atoms with E-state index in [9.17, 15) is 5.11 Å². The Morgan fingerprint density at radius 1 is 0.766 bits per heavy atom. The second-order valence-corrected chi connectivity index (χ2v) is 14.5. The quantitative estimate of drug-likeness (QED) is 0.208. The van der Waals surface area contributed by atoms with Gasteiger partial charge in [0.05, 0.1) is 18.1 Å². The van der Waals surface area contributed by atoms with Gasteiger partial charge >= 0.3 is 0 Å². The van der Waals surface area contributed by atoms with Crippen LogP contribution in [-0.4, -0.2) is 70.2 Å². The predicted octanol–water partition coefficient (Wildman–Crippen LogP) is 8.18. The molecule has 2 aromatic carbocycles. The van der Waals surface area contributed by atoms with Gasteiger partial charge in [0.2, 0.25) is 0 Å². The highest BCUT2D eigenvalue weighted by molar-refractivity contribution is 5.85. The van der Waals surface area contributed by atoms with E-state index in [2.05, 4.69) is 83.2 Å². The number of hydrogen-bond acceptors (Lipinski definition) is 6. The lowest BCUT2D eigenvalue weighted by Gasteiger charge is -2.51. The number of aromatic nitrogens is 2. The number of phenols is 1. The summed E-state index contributed by atoms with van der Waals surface area (Å²) < 4.78 is 5.43. The van der Waals surface area contributed by atoms with Crippen LogP contribution in [0, 0.1) is 23.7 Å². The number of phenolic OH excluding ortho intramolecular Hbond substituents is 1. The van der Waals surface area contributed by atoms with Crippen LogP contribution in [0.15, 0.2) is 86.2 Å². The van der Waals surface area contributed by atoms with E-state index in [1.54, 1.807) is 13.2 Å². The van der Waals surface area contributed by atoms with Crippen molar-refractivity contribution in [1.29, 1.82) is 0 Å². The molecule has 0 radical (unpaired) electrons. The maximum Gasteiger partial charge on any atom is 0.119 e. The molecule has 0 spiro atoms. The summed E-state index contributed by atoms with van der Waals surface area (Å²) in [6, 6.07) is 17.2. The number of rotatable bonds is 7. The Morgan fingerprint density at radius 3 is 1.74 bits per heavy atom. The maximum atomic E-state index is 9.87. The number of nitrogens with zero attached hydrogens (tertiary/aromatic N) is 4. The number of methoxy groups -OCH3 is 1. The molecule has 6 fully saturated rings. The third-order valence-corrected chi connectivity index (χ3v) is 12.2. The van der Waals surface area contributed by atoms with Crippen molar-refractivity contribution in [3.63, 3.8) is 0 Å². The second kappa shape index (κ2) is 13.4. The Hall–Kier alpha value is -3.74. The van der Waals surface area contributed by atoms with Gasteiger partial charge in [-0.05, 0) is 134 Å². The molecular weight excluding hydrogens is 580 g/mol. The van der Waals surface area contributed by atoms with E-state index in [1.807, 2.05) is 30.6 Å². The van der Waals surface area contributed by atoms with Crippen molar-refractivity contribution in [1.82, 2.24) is 19.8 Å². The Bertz CT molecular complexity index is 1750. The van der Waals surface area contributed by atoms with Crippen LogP contribution >= 0.6 is 0 Å². The molecule has 1 N–H and O–H groups in total. The van der Waals surface area contributed by atoms with Gasteiger partial charge in [0.1, 0.15) is 11.5 Å². The number of piperidine rings is 6. The summed E-state index contributed by atoms with van der Waals surface area (Å²) in [5, 5.41) is 12.2. The summed E-state index contributed by atoms with van der Waals surface area (Å²) in [5.74, 6) is 5.08. The molecule has 4 bridgehead atoms. The molecule has 0 amide bonds. The number of ether oxygens (including phenoxy) is 1. The lowest BCUT2D eigenvalue weighted by atomic mass is 9.71. The van der Waals surface area contributed by atoms with Gasteiger partial charge in [-0.15, -0.1) is 13.2 Å². The van der Waals surface area contributed by atoms with Gasteiger partial charge in [-0.25, -0.2) is 0 Å². The molecule has 47 heavy (non-hydrogen) atoms. The summed E-state index contributed by atoms with van der Waals surface area (Å²) in [5.41, 5.74) is 4.72. The fourth-order valence-corrected chi connectivity index (χ4v) is 9.43. The number of benzene rings is 2. The standard InChI is InChI=1S/C21H26N2O.C20H24N2O/c1-4-15-13-23-10-8-16(15)11-21(23)14(2)18-7-9-22-20-6-5-17(24-3)12-19(18)20;1-3-14-12-22-9-7-15(14)10-20(22)13(2)17-6-8-21-19-5-4-16(23)11-18(17)19/h4-7,9,12,14-16,21H,1,8,10-11,13H2,2-3H3;3-6,8,11,13-15,20,23H,1,7,9-10,12H2,2H3/t14-,15?,16?,21?;13-,14?,15?,20?/m00/s1. The molecule has 2 aromatic heterocycles. The first-order chi connectivity index (χ1) is 22.9. The third kappa shape index (κ3) is 6.07. The van der Waals surface area contributed by atoms with Gasteiger partial charge in [-0.3, -0.25) is 19.8 Å². The van der Waals surface area contributed by atoms with Gasteiger partial charge in [-0.2, -0.15) is 0 Å².